The number of aliphatic hydroxyl groups is 1. The molecule has 0 spiro atoms. The van der Waals surface area contributed by atoms with Gasteiger partial charge in [-0.3, -0.25) is 0 Å². The SMILES string of the molecule is CCOCc1cc(Br)cc(CO)c1. The number of rotatable bonds is 4. The van der Waals surface area contributed by atoms with Gasteiger partial charge in [0, 0.05) is 11.1 Å². The molecule has 0 aliphatic rings. The van der Waals surface area contributed by atoms with Crippen LogP contribution in [0.5, 0.6) is 0 Å². The van der Waals surface area contributed by atoms with Crippen LogP contribution in [-0.2, 0) is 18.0 Å². The topological polar surface area (TPSA) is 29.5 Å². The summed E-state index contributed by atoms with van der Waals surface area (Å²) in [7, 11) is 0. The Morgan fingerprint density at radius 2 is 2.00 bits per heavy atom. The molecule has 1 rings (SSSR count). The lowest BCUT2D eigenvalue weighted by atomic mass is 10.1. The van der Waals surface area contributed by atoms with Crippen LogP contribution in [0.3, 0.4) is 0 Å². The number of aliphatic hydroxyl groups excluding tert-OH is 1. The van der Waals surface area contributed by atoms with E-state index in [0.717, 1.165) is 15.6 Å². The Kier molecular flexibility index (Phi) is 4.42. The minimum atomic E-state index is 0.0680. The number of halogens is 1. The second-order valence-corrected chi connectivity index (χ2v) is 3.68. The van der Waals surface area contributed by atoms with E-state index < -0.39 is 0 Å². The summed E-state index contributed by atoms with van der Waals surface area (Å²) in [6.45, 7) is 3.34. The highest BCUT2D eigenvalue weighted by Gasteiger charge is 1.98. The van der Waals surface area contributed by atoms with Crippen molar-refractivity contribution in [3.63, 3.8) is 0 Å². The molecule has 0 atom stereocenters. The molecule has 1 N–H and O–H groups in total. The normalized spacial score (nSPS) is 10.4. The van der Waals surface area contributed by atoms with E-state index in [1.165, 1.54) is 0 Å². The summed E-state index contributed by atoms with van der Waals surface area (Å²) in [5.74, 6) is 0. The van der Waals surface area contributed by atoms with Gasteiger partial charge in [0.2, 0.25) is 0 Å². The molecule has 3 heteroatoms. The van der Waals surface area contributed by atoms with E-state index in [4.69, 9.17) is 9.84 Å². The molecule has 0 aliphatic carbocycles. The molecule has 0 unspecified atom stereocenters. The molecule has 0 aromatic heterocycles. The van der Waals surface area contributed by atoms with Gasteiger partial charge in [0.1, 0.15) is 0 Å². The fraction of sp³-hybridized carbons (Fsp3) is 0.400. The summed E-state index contributed by atoms with van der Waals surface area (Å²) >= 11 is 3.38. The van der Waals surface area contributed by atoms with Crippen LogP contribution in [0.15, 0.2) is 22.7 Å². The first-order chi connectivity index (χ1) is 6.26. The third-order valence-corrected chi connectivity index (χ3v) is 2.13. The van der Waals surface area contributed by atoms with Crippen LogP contribution in [0.25, 0.3) is 0 Å². The van der Waals surface area contributed by atoms with Gasteiger partial charge in [-0.15, -0.1) is 0 Å². The summed E-state index contributed by atoms with van der Waals surface area (Å²) < 4.78 is 6.25. The Morgan fingerprint density at radius 3 is 2.62 bits per heavy atom. The van der Waals surface area contributed by atoms with Crippen LogP contribution < -0.4 is 0 Å². The number of hydrogen-bond donors (Lipinski definition) is 1. The van der Waals surface area contributed by atoms with Gasteiger partial charge in [-0.2, -0.15) is 0 Å². The van der Waals surface area contributed by atoms with Crippen molar-refractivity contribution in [2.45, 2.75) is 20.1 Å². The van der Waals surface area contributed by atoms with Crippen molar-refractivity contribution in [3.8, 4) is 0 Å². The highest BCUT2D eigenvalue weighted by Crippen LogP contribution is 2.16. The van der Waals surface area contributed by atoms with Crippen LogP contribution in [0, 0.1) is 0 Å². The molecule has 0 fully saturated rings. The average molecular weight is 245 g/mol. The van der Waals surface area contributed by atoms with Gasteiger partial charge in [-0.25, -0.2) is 0 Å². The fourth-order valence-electron chi connectivity index (χ4n) is 1.11. The predicted molar refractivity (Wildman–Crippen MR) is 55.4 cm³/mol. The average Bonchev–Trinajstić information content (AvgIpc) is 2.14. The second kappa shape index (κ2) is 5.37. The summed E-state index contributed by atoms with van der Waals surface area (Å²) in [6, 6.07) is 5.84. The summed E-state index contributed by atoms with van der Waals surface area (Å²) in [5.41, 5.74) is 1.99. The van der Waals surface area contributed by atoms with Gasteiger partial charge in [-0.1, -0.05) is 22.0 Å². The first-order valence-electron chi connectivity index (χ1n) is 4.23. The highest BCUT2D eigenvalue weighted by molar-refractivity contribution is 9.10. The lowest BCUT2D eigenvalue weighted by molar-refractivity contribution is 0.134. The van der Waals surface area contributed by atoms with Crippen molar-refractivity contribution >= 4 is 15.9 Å². The molecule has 72 valence electrons. The highest BCUT2D eigenvalue weighted by atomic mass is 79.9. The molecule has 1 aromatic rings. The van der Waals surface area contributed by atoms with Gasteiger partial charge in [0.15, 0.2) is 0 Å². The Bertz CT molecular complexity index is 274. The maximum absolute atomic E-state index is 8.95. The summed E-state index contributed by atoms with van der Waals surface area (Å²) in [5, 5.41) is 8.95. The molecular formula is C10H13BrO2. The van der Waals surface area contributed by atoms with Crippen LogP contribution in [0.2, 0.25) is 0 Å². The minimum Gasteiger partial charge on any atom is -0.392 e. The lowest BCUT2D eigenvalue weighted by Crippen LogP contribution is -1.94. The van der Waals surface area contributed by atoms with Gasteiger partial charge >= 0.3 is 0 Å². The van der Waals surface area contributed by atoms with E-state index in [9.17, 15) is 0 Å². The molecule has 0 aliphatic heterocycles. The number of ether oxygens (including phenoxy) is 1. The Morgan fingerprint density at radius 1 is 1.31 bits per heavy atom. The fourth-order valence-corrected chi connectivity index (χ4v) is 1.70. The van der Waals surface area contributed by atoms with Crippen molar-refractivity contribution in [1.82, 2.24) is 0 Å². The number of hydrogen-bond acceptors (Lipinski definition) is 2. The Labute approximate surface area is 86.7 Å². The van der Waals surface area contributed by atoms with Crippen molar-refractivity contribution in [1.29, 1.82) is 0 Å². The van der Waals surface area contributed by atoms with Crippen LogP contribution in [0.4, 0.5) is 0 Å². The molecule has 0 bridgehead atoms. The van der Waals surface area contributed by atoms with E-state index in [-0.39, 0.29) is 6.61 Å². The van der Waals surface area contributed by atoms with Crippen LogP contribution in [0.1, 0.15) is 18.1 Å². The van der Waals surface area contributed by atoms with Crippen molar-refractivity contribution in [3.05, 3.63) is 33.8 Å². The van der Waals surface area contributed by atoms with E-state index in [1.807, 2.05) is 25.1 Å². The van der Waals surface area contributed by atoms with Gasteiger partial charge < -0.3 is 9.84 Å². The van der Waals surface area contributed by atoms with E-state index in [0.29, 0.717) is 13.2 Å². The molecule has 1 aromatic carbocycles. The summed E-state index contributed by atoms with van der Waals surface area (Å²) in [4.78, 5) is 0. The monoisotopic (exact) mass is 244 g/mol. The van der Waals surface area contributed by atoms with Gasteiger partial charge in [0.25, 0.3) is 0 Å². The first-order valence-corrected chi connectivity index (χ1v) is 5.02. The van der Waals surface area contributed by atoms with Crippen molar-refractivity contribution < 1.29 is 9.84 Å². The predicted octanol–water partition coefficient (Wildman–Crippen LogP) is 2.48. The molecular weight excluding hydrogens is 232 g/mol. The van der Waals surface area contributed by atoms with Crippen molar-refractivity contribution in [2.24, 2.45) is 0 Å². The smallest absolute Gasteiger partial charge is 0.0717 e. The number of benzene rings is 1. The zero-order chi connectivity index (χ0) is 9.68. The standard InChI is InChI=1S/C10H13BrO2/c1-2-13-7-9-3-8(6-12)4-10(11)5-9/h3-5,12H,2,6-7H2,1H3. The first kappa shape index (κ1) is 10.7. The van der Waals surface area contributed by atoms with Crippen LogP contribution in [-0.4, -0.2) is 11.7 Å². The molecule has 2 nitrogen and oxygen atoms in total. The summed E-state index contributed by atoms with van der Waals surface area (Å²) in [6.07, 6.45) is 0. The molecule has 0 amide bonds. The zero-order valence-corrected chi connectivity index (χ0v) is 9.17. The van der Waals surface area contributed by atoms with Crippen LogP contribution >= 0.6 is 15.9 Å². The lowest BCUT2D eigenvalue weighted by Gasteiger charge is -2.04. The van der Waals surface area contributed by atoms with E-state index in [1.54, 1.807) is 0 Å². The molecule has 13 heavy (non-hydrogen) atoms. The quantitative estimate of drug-likeness (QED) is 0.882. The molecule has 0 radical (unpaired) electrons. The second-order valence-electron chi connectivity index (χ2n) is 2.76. The zero-order valence-electron chi connectivity index (χ0n) is 7.59. The Balaban J connectivity index is 2.76. The van der Waals surface area contributed by atoms with Crippen molar-refractivity contribution in [2.75, 3.05) is 6.61 Å². The maximum atomic E-state index is 8.95. The maximum Gasteiger partial charge on any atom is 0.0717 e. The van der Waals surface area contributed by atoms with E-state index >= 15 is 0 Å². The third-order valence-electron chi connectivity index (χ3n) is 1.67. The van der Waals surface area contributed by atoms with E-state index in [2.05, 4.69) is 15.9 Å². The molecule has 0 heterocycles. The minimum absolute atomic E-state index is 0.0680. The molecule has 0 saturated heterocycles. The third kappa shape index (κ3) is 3.46. The largest absolute Gasteiger partial charge is 0.392 e. The van der Waals surface area contributed by atoms with Gasteiger partial charge in [0.05, 0.1) is 13.2 Å². The Hall–Kier alpha value is -0.380. The molecule has 0 saturated carbocycles. The van der Waals surface area contributed by atoms with Gasteiger partial charge in [-0.05, 0) is 30.2 Å².